The molecule has 13 heavy (non-hydrogen) atoms. The third kappa shape index (κ3) is 3.07. The van der Waals surface area contributed by atoms with Crippen LogP contribution >= 0.6 is 11.3 Å². The highest BCUT2D eigenvalue weighted by atomic mass is 32.1. The molecule has 3 radical (unpaired) electrons. The van der Waals surface area contributed by atoms with Crippen LogP contribution in [0.5, 0.6) is 0 Å². The van der Waals surface area contributed by atoms with Crippen molar-refractivity contribution in [3.63, 3.8) is 0 Å². The van der Waals surface area contributed by atoms with Gasteiger partial charge < -0.3 is 0 Å². The maximum absolute atomic E-state index is 3.55. The van der Waals surface area contributed by atoms with E-state index < -0.39 is 8.07 Å². The third-order valence-electron chi connectivity index (χ3n) is 2.38. The largest absolute Gasteiger partial charge is 0.153 e. The molecule has 0 nitrogen and oxygen atoms in total. The lowest BCUT2D eigenvalue weighted by molar-refractivity contribution is 1.05. The van der Waals surface area contributed by atoms with Crippen LogP contribution in [0.3, 0.4) is 0 Å². The molecular formula is C10H17SSi2. The summed E-state index contributed by atoms with van der Waals surface area (Å²) >= 11 is 1.95. The Morgan fingerprint density at radius 1 is 1.46 bits per heavy atom. The Morgan fingerprint density at radius 2 is 2.15 bits per heavy atom. The van der Waals surface area contributed by atoms with Gasteiger partial charge in [0.1, 0.15) is 0 Å². The summed E-state index contributed by atoms with van der Waals surface area (Å²) in [6.45, 7) is 7.13. The number of rotatable bonds is 4. The Bertz CT molecular complexity index is 266. The molecule has 0 bridgehead atoms. The quantitative estimate of drug-likeness (QED) is 0.691. The van der Waals surface area contributed by atoms with Gasteiger partial charge in [-0.15, -0.1) is 0 Å². The number of aryl methyl sites for hydroxylation is 1. The van der Waals surface area contributed by atoms with Crippen LogP contribution in [0.15, 0.2) is 11.4 Å². The van der Waals surface area contributed by atoms with Crippen LogP contribution in [0.25, 0.3) is 0 Å². The Kier molecular flexibility index (Phi) is 3.94. The first-order valence-electron chi connectivity index (χ1n) is 4.76. The van der Waals surface area contributed by atoms with E-state index in [1.165, 1.54) is 18.0 Å². The maximum Gasteiger partial charge on any atom is 0.0934 e. The molecular weight excluding hydrogens is 208 g/mol. The summed E-state index contributed by atoms with van der Waals surface area (Å²) in [6.07, 6.45) is 1.31. The monoisotopic (exact) mass is 225 g/mol. The van der Waals surface area contributed by atoms with Gasteiger partial charge in [-0.25, -0.2) is 0 Å². The number of thiophene rings is 1. The average Bonchev–Trinajstić information content (AvgIpc) is 2.49. The maximum atomic E-state index is 3.55. The van der Waals surface area contributed by atoms with Crippen LogP contribution in [-0.4, -0.2) is 18.3 Å². The normalized spacial score (nSPS) is 12.0. The summed E-state index contributed by atoms with van der Waals surface area (Å²) in [5.74, 6) is 0. The highest BCUT2D eigenvalue weighted by Gasteiger charge is 2.23. The summed E-state index contributed by atoms with van der Waals surface area (Å²) in [5.41, 5.74) is 1.43. The second-order valence-electron chi connectivity index (χ2n) is 4.23. The van der Waals surface area contributed by atoms with Crippen LogP contribution in [0, 0.1) is 6.92 Å². The van der Waals surface area contributed by atoms with E-state index in [2.05, 4.69) is 41.7 Å². The van der Waals surface area contributed by atoms with Crippen molar-refractivity contribution >= 4 is 34.2 Å². The Balaban J connectivity index is 2.68. The van der Waals surface area contributed by atoms with Crippen molar-refractivity contribution in [1.29, 1.82) is 0 Å². The van der Waals surface area contributed by atoms with Gasteiger partial charge in [0.05, 0.1) is 8.07 Å². The molecule has 1 aromatic rings. The fourth-order valence-corrected chi connectivity index (χ4v) is 6.29. The first kappa shape index (κ1) is 11.2. The standard InChI is InChI=1S/C10H17SSi2/c1-9-7-10(11-8-9)13(2,3)6-4-5-12/h7-8H,4-6H2,1-3H3. The van der Waals surface area contributed by atoms with E-state index in [1.54, 1.807) is 4.50 Å². The molecule has 0 aliphatic carbocycles. The van der Waals surface area contributed by atoms with Crippen molar-refractivity contribution in [1.82, 2.24) is 0 Å². The summed E-state index contributed by atoms with van der Waals surface area (Å²) < 4.78 is 1.66. The fourth-order valence-electron chi connectivity index (χ4n) is 1.44. The smallest absolute Gasteiger partial charge is 0.0934 e. The highest BCUT2D eigenvalue weighted by Crippen LogP contribution is 2.17. The fraction of sp³-hybridized carbons (Fsp3) is 0.600. The molecule has 0 saturated heterocycles. The molecule has 0 aromatic carbocycles. The Morgan fingerprint density at radius 3 is 2.62 bits per heavy atom. The van der Waals surface area contributed by atoms with E-state index in [0.717, 1.165) is 6.04 Å². The predicted molar refractivity (Wildman–Crippen MR) is 66.2 cm³/mol. The zero-order chi connectivity index (χ0) is 9.90. The van der Waals surface area contributed by atoms with Gasteiger partial charge in [0, 0.05) is 10.2 Å². The minimum absolute atomic E-state index is 1.09. The van der Waals surface area contributed by atoms with E-state index in [1.807, 2.05) is 11.3 Å². The van der Waals surface area contributed by atoms with Gasteiger partial charge in [0.15, 0.2) is 0 Å². The van der Waals surface area contributed by atoms with Gasteiger partial charge in [0.25, 0.3) is 0 Å². The van der Waals surface area contributed by atoms with Gasteiger partial charge in [-0.2, -0.15) is 11.3 Å². The predicted octanol–water partition coefficient (Wildman–Crippen LogP) is 2.95. The lowest BCUT2D eigenvalue weighted by Crippen LogP contribution is -2.38. The van der Waals surface area contributed by atoms with Crippen molar-refractivity contribution in [2.24, 2.45) is 0 Å². The molecule has 3 heteroatoms. The number of hydrogen-bond donors (Lipinski definition) is 0. The zero-order valence-corrected chi connectivity index (χ0v) is 11.5. The van der Waals surface area contributed by atoms with Gasteiger partial charge in [-0.05, 0) is 28.4 Å². The third-order valence-corrected chi connectivity index (χ3v) is 8.68. The van der Waals surface area contributed by atoms with Crippen LogP contribution in [0.1, 0.15) is 12.0 Å². The van der Waals surface area contributed by atoms with E-state index in [-0.39, 0.29) is 0 Å². The van der Waals surface area contributed by atoms with E-state index >= 15 is 0 Å². The Hall–Kier alpha value is 0.134. The molecule has 1 heterocycles. The first-order chi connectivity index (χ1) is 6.06. The zero-order valence-electron chi connectivity index (χ0n) is 8.68. The van der Waals surface area contributed by atoms with Gasteiger partial charge in [0.2, 0.25) is 0 Å². The molecule has 0 atom stereocenters. The molecule has 0 unspecified atom stereocenters. The lowest BCUT2D eigenvalue weighted by Gasteiger charge is -2.19. The highest BCUT2D eigenvalue weighted by molar-refractivity contribution is 7.25. The molecule has 0 aliphatic heterocycles. The Labute approximate surface area is 89.8 Å². The molecule has 0 aliphatic rings. The second-order valence-corrected chi connectivity index (χ2v) is 10.8. The SMILES string of the molecule is Cc1csc([Si](C)(C)CCC[Si])c1. The molecule has 71 valence electrons. The molecule has 1 rings (SSSR count). The minimum Gasteiger partial charge on any atom is -0.153 e. The van der Waals surface area contributed by atoms with Crippen molar-refractivity contribution in [2.75, 3.05) is 0 Å². The van der Waals surface area contributed by atoms with Crippen LogP contribution in [-0.2, 0) is 0 Å². The van der Waals surface area contributed by atoms with Gasteiger partial charge >= 0.3 is 0 Å². The van der Waals surface area contributed by atoms with E-state index in [0.29, 0.717) is 0 Å². The molecule has 0 saturated carbocycles. The lowest BCUT2D eigenvalue weighted by atomic mass is 10.4. The van der Waals surface area contributed by atoms with Crippen molar-refractivity contribution in [2.45, 2.75) is 38.5 Å². The summed E-state index contributed by atoms with van der Waals surface area (Å²) in [7, 11) is 2.46. The van der Waals surface area contributed by atoms with E-state index in [4.69, 9.17) is 0 Å². The van der Waals surface area contributed by atoms with Crippen molar-refractivity contribution < 1.29 is 0 Å². The summed E-state index contributed by atoms with van der Waals surface area (Å²) in [4.78, 5) is 0. The first-order valence-corrected chi connectivity index (χ1v) is 9.56. The van der Waals surface area contributed by atoms with Crippen LogP contribution < -0.4 is 4.50 Å². The van der Waals surface area contributed by atoms with Gasteiger partial charge in [-0.1, -0.05) is 31.6 Å². The van der Waals surface area contributed by atoms with Gasteiger partial charge in [-0.3, -0.25) is 0 Å². The van der Waals surface area contributed by atoms with Crippen LogP contribution in [0.4, 0.5) is 0 Å². The second kappa shape index (κ2) is 4.57. The molecule has 0 N–H and O–H groups in total. The average molecular weight is 225 g/mol. The molecule has 1 aromatic heterocycles. The van der Waals surface area contributed by atoms with Crippen LogP contribution in [0.2, 0.25) is 25.2 Å². The summed E-state index contributed by atoms with van der Waals surface area (Å²) in [5, 5.41) is 2.28. The molecule has 0 amide bonds. The molecule has 0 spiro atoms. The number of hydrogen-bond acceptors (Lipinski definition) is 1. The topological polar surface area (TPSA) is 0 Å². The summed E-state index contributed by atoms with van der Waals surface area (Å²) in [6, 6.07) is 4.92. The van der Waals surface area contributed by atoms with E-state index in [9.17, 15) is 0 Å². The minimum atomic E-state index is -1.09. The van der Waals surface area contributed by atoms with Crippen molar-refractivity contribution in [3.05, 3.63) is 17.0 Å². The van der Waals surface area contributed by atoms with Crippen molar-refractivity contribution in [3.8, 4) is 0 Å². The molecule has 0 fully saturated rings.